The van der Waals surface area contributed by atoms with E-state index in [0.717, 1.165) is 5.56 Å². The third kappa shape index (κ3) is 3.70. The Morgan fingerprint density at radius 3 is 2.52 bits per heavy atom. The molecule has 0 heterocycles. The molecule has 0 aromatic heterocycles. The van der Waals surface area contributed by atoms with Crippen molar-refractivity contribution in [1.82, 2.24) is 0 Å². The summed E-state index contributed by atoms with van der Waals surface area (Å²) in [6, 6.07) is 14.3. The van der Waals surface area contributed by atoms with Crippen LogP contribution in [0.2, 0.25) is 0 Å². The molecule has 1 amide bonds. The topological polar surface area (TPSA) is 72.2 Å². The molecule has 0 saturated carbocycles. The Balaban J connectivity index is 2.15. The van der Waals surface area contributed by atoms with Gasteiger partial charge < -0.3 is 11.1 Å². The highest BCUT2D eigenvalue weighted by Crippen LogP contribution is 2.20. The maximum atomic E-state index is 12.5. The zero-order chi connectivity index (χ0) is 15.4. The molecule has 0 radical (unpaired) electrons. The summed E-state index contributed by atoms with van der Waals surface area (Å²) in [6.07, 6.45) is 0. The first-order valence-electron chi connectivity index (χ1n) is 6.61. The van der Waals surface area contributed by atoms with Gasteiger partial charge in [-0.25, -0.2) is 0 Å². The quantitative estimate of drug-likeness (QED) is 0.853. The Morgan fingerprint density at radius 2 is 1.86 bits per heavy atom. The van der Waals surface area contributed by atoms with Crippen molar-refractivity contribution >= 4 is 28.1 Å². The lowest BCUT2D eigenvalue weighted by molar-refractivity contribution is -0.115. The highest BCUT2D eigenvalue weighted by Gasteiger charge is 2.22. The zero-order valence-electron chi connectivity index (χ0n) is 12.0. The molecule has 21 heavy (non-hydrogen) atoms. The van der Waals surface area contributed by atoms with Gasteiger partial charge in [-0.1, -0.05) is 24.3 Å². The lowest BCUT2D eigenvalue weighted by atomic mass is 10.2. The van der Waals surface area contributed by atoms with Gasteiger partial charge in [-0.15, -0.1) is 0 Å². The second kappa shape index (κ2) is 6.54. The molecule has 2 unspecified atom stereocenters. The van der Waals surface area contributed by atoms with Crippen molar-refractivity contribution < 1.29 is 9.00 Å². The number of hydrogen-bond donors (Lipinski definition) is 2. The predicted molar refractivity (Wildman–Crippen MR) is 86.5 cm³/mol. The molecule has 2 atom stereocenters. The molecule has 110 valence electrons. The summed E-state index contributed by atoms with van der Waals surface area (Å²) < 4.78 is 12.5. The Kier molecular flexibility index (Phi) is 4.75. The van der Waals surface area contributed by atoms with Crippen LogP contribution in [0.5, 0.6) is 0 Å². The van der Waals surface area contributed by atoms with E-state index in [4.69, 9.17) is 5.73 Å². The summed E-state index contributed by atoms with van der Waals surface area (Å²) in [7, 11) is -1.45. The van der Waals surface area contributed by atoms with Gasteiger partial charge in [0.1, 0.15) is 5.25 Å². The molecule has 0 aliphatic heterocycles. The number of hydrogen-bond acceptors (Lipinski definition) is 3. The van der Waals surface area contributed by atoms with Crippen molar-refractivity contribution in [3.8, 4) is 0 Å². The molecule has 5 heteroatoms. The average molecular weight is 302 g/mol. The molecule has 2 rings (SSSR count). The van der Waals surface area contributed by atoms with E-state index in [1.165, 1.54) is 0 Å². The molecule has 0 fully saturated rings. The molecular formula is C16H18N2O2S. The number of carbonyl (C=O) groups excluding carboxylic acids is 1. The molecule has 0 aliphatic rings. The number of aryl methyl sites for hydroxylation is 1. The summed E-state index contributed by atoms with van der Waals surface area (Å²) in [6.45, 7) is 3.51. The van der Waals surface area contributed by atoms with E-state index in [1.54, 1.807) is 31.2 Å². The molecule has 0 saturated heterocycles. The van der Waals surface area contributed by atoms with Gasteiger partial charge in [0.2, 0.25) is 5.91 Å². The molecule has 3 N–H and O–H groups in total. The zero-order valence-corrected chi connectivity index (χ0v) is 12.8. The first kappa shape index (κ1) is 15.3. The molecule has 2 aromatic rings. The van der Waals surface area contributed by atoms with Crippen molar-refractivity contribution in [2.24, 2.45) is 0 Å². The van der Waals surface area contributed by atoms with Gasteiger partial charge >= 0.3 is 0 Å². The number of benzene rings is 2. The van der Waals surface area contributed by atoms with Crippen LogP contribution in [0.25, 0.3) is 0 Å². The molecule has 0 aliphatic carbocycles. The van der Waals surface area contributed by atoms with E-state index in [2.05, 4.69) is 5.32 Å². The van der Waals surface area contributed by atoms with Crippen LogP contribution in [-0.4, -0.2) is 15.4 Å². The smallest absolute Gasteiger partial charge is 0.240 e. The normalized spacial score (nSPS) is 13.4. The Labute approximate surface area is 126 Å². The number of nitrogen functional groups attached to an aromatic ring is 1. The maximum absolute atomic E-state index is 12.5. The summed E-state index contributed by atoms with van der Waals surface area (Å²) in [5.41, 5.74) is 7.82. The van der Waals surface area contributed by atoms with Crippen LogP contribution in [0.15, 0.2) is 53.4 Å². The molecule has 0 spiro atoms. The third-order valence-corrected chi connectivity index (χ3v) is 4.89. The predicted octanol–water partition coefficient (Wildman–Crippen LogP) is 2.71. The van der Waals surface area contributed by atoms with Crippen molar-refractivity contribution in [2.75, 3.05) is 11.1 Å². The number of amides is 1. The van der Waals surface area contributed by atoms with Crippen LogP contribution in [0, 0.1) is 6.92 Å². The minimum atomic E-state index is -1.45. The Morgan fingerprint density at radius 1 is 1.19 bits per heavy atom. The van der Waals surface area contributed by atoms with Gasteiger partial charge in [-0.05, 0) is 43.7 Å². The first-order valence-corrected chi connectivity index (χ1v) is 7.83. The van der Waals surface area contributed by atoms with Crippen LogP contribution in [-0.2, 0) is 15.6 Å². The largest absolute Gasteiger partial charge is 0.399 e. The van der Waals surface area contributed by atoms with E-state index in [9.17, 15) is 9.00 Å². The van der Waals surface area contributed by atoms with Gasteiger partial charge in [0.05, 0.1) is 10.8 Å². The van der Waals surface area contributed by atoms with Crippen LogP contribution in [0.3, 0.4) is 0 Å². The average Bonchev–Trinajstić information content (AvgIpc) is 2.49. The molecule has 2 aromatic carbocycles. The van der Waals surface area contributed by atoms with Crippen LogP contribution >= 0.6 is 0 Å². The Hall–Kier alpha value is -2.14. The standard InChI is InChI=1S/C16H18N2O2S/c1-11-8-9-13(17)10-15(11)21(20)12(2)16(19)18-14-6-4-3-5-7-14/h3-10,12H,17H2,1-2H3,(H,18,19). The number of carbonyl (C=O) groups is 1. The van der Waals surface area contributed by atoms with Crippen LogP contribution in [0.1, 0.15) is 12.5 Å². The third-order valence-electron chi connectivity index (χ3n) is 3.16. The van der Waals surface area contributed by atoms with Gasteiger partial charge in [0, 0.05) is 16.3 Å². The van der Waals surface area contributed by atoms with Crippen molar-refractivity contribution in [2.45, 2.75) is 24.0 Å². The van der Waals surface area contributed by atoms with E-state index in [-0.39, 0.29) is 5.91 Å². The number of nitrogens with one attached hydrogen (secondary N) is 1. The summed E-state index contributed by atoms with van der Waals surface area (Å²) in [5, 5.41) is 2.10. The lowest BCUT2D eigenvalue weighted by Crippen LogP contribution is -2.29. The van der Waals surface area contributed by atoms with Crippen LogP contribution < -0.4 is 11.1 Å². The fourth-order valence-electron chi connectivity index (χ4n) is 1.89. The molecule has 4 nitrogen and oxygen atoms in total. The van der Waals surface area contributed by atoms with E-state index < -0.39 is 16.0 Å². The van der Waals surface area contributed by atoms with Crippen molar-refractivity contribution in [1.29, 1.82) is 0 Å². The lowest BCUT2D eigenvalue weighted by Gasteiger charge is -2.14. The van der Waals surface area contributed by atoms with Gasteiger partial charge in [-0.3, -0.25) is 9.00 Å². The number of para-hydroxylation sites is 1. The fourth-order valence-corrected chi connectivity index (χ4v) is 3.16. The van der Waals surface area contributed by atoms with E-state index in [1.807, 2.05) is 31.2 Å². The van der Waals surface area contributed by atoms with Crippen molar-refractivity contribution in [3.63, 3.8) is 0 Å². The number of nitrogens with two attached hydrogens (primary N) is 1. The summed E-state index contributed by atoms with van der Waals surface area (Å²) in [5.74, 6) is -0.277. The second-order valence-electron chi connectivity index (χ2n) is 4.82. The van der Waals surface area contributed by atoms with Gasteiger partial charge in [0.15, 0.2) is 0 Å². The second-order valence-corrected chi connectivity index (χ2v) is 6.56. The highest BCUT2D eigenvalue weighted by atomic mass is 32.2. The minimum Gasteiger partial charge on any atom is -0.399 e. The number of rotatable bonds is 4. The number of anilines is 2. The van der Waals surface area contributed by atoms with Gasteiger partial charge in [-0.2, -0.15) is 0 Å². The van der Waals surface area contributed by atoms with E-state index >= 15 is 0 Å². The summed E-state index contributed by atoms with van der Waals surface area (Å²) >= 11 is 0. The SMILES string of the molecule is Cc1ccc(N)cc1S(=O)C(C)C(=O)Nc1ccccc1. The van der Waals surface area contributed by atoms with Crippen molar-refractivity contribution in [3.05, 3.63) is 54.1 Å². The van der Waals surface area contributed by atoms with Gasteiger partial charge in [0.25, 0.3) is 0 Å². The fraction of sp³-hybridized carbons (Fsp3) is 0.188. The minimum absolute atomic E-state index is 0.277. The first-order chi connectivity index (χ1) is 9.99. The summed E-state index contributed by atoms with van der Waals surface area (Å²) in [4.78, 5) is 12.8. The highest BCUT2D eigenvalue weighted by molar-refractivity contribution is 7.86. The monoisotopic (exact) mass is 302 g/mol. The van der Waals surface area contributed by atoms with Crippen LogP contribution in [0.4, 0.5) is 11.4 Å². The molecular weight excluding hydrogens is 284 g/mol. The maximum Gasteiger partial charge on any atom is 0.240 e. The molecule has 0 bridgehead atoms. The van der Waals surface area contributed by atoms with E-state index in [0.29, 0.717) is 16.3 Å². The Bertz CT molecular complexity index is 671.